The van der Waals surface area contributed by atoms with Gasteiger partial charge < -0.3 is 0 Å². The van der Waals surface area contributed by atoms with Crippen molar-refractivity contribution in [3.05, 3.63) is 48.0 Å². The molecule has 134 valence electrons. The molecule has 2 aromatic rings. The van der Waals surface area contributed by atoms with E-state index >= 15 is 0 Å². The van der Waals surface area contributed by atoms with Gasteiger partial charge in [-0.15, -0.1) is 0 Å². The van der Waals surface area contributed by atoms with Crippen molar-refractivity contribution in [1.29, 1.82) is 0 Å². The summed E-state index contributed by atoms with van der Waals surface area (Å²) in [5, 5.41) is 4.28. The zero-order valence-electron chi connectivity index (χ0n) is 14.1. The molecule has 8 heteroatoms. The topological polar surface area (TPSA) is 80.1 Å². The molecule has 3 heterocycles. The number of fused-ring (bicyclic) bond motifs is 1. The molecule has 1 aliphatic heterocycles. The van der Waals surface area contributed by atoms with Crippen molar-refractivity contribution in [2.24, 2.45) is 0 Å². The Labute approximate surface area is 148 Å². The second-order valence-corrected chi connectivity index (χ2v) is 8.92. The largest absolute Gasteiger partial charge is 0.291 e. The molecule has 0 saturated heterocycles. The van der Waals surface area contributed by atoms with Crippen LogP contribution in [0.15, 0.2) is 36.8 Å². The molecule has 0 amide bonds. The summed E-state index contributed by atoms with van der Waals surface area (Å²) in [6, 6.07) is 6.25. The average Bonchev–Trinajstić information content (AvgIpc) is 3.35. The van der Waals surface area contributed by atoms with Crippen LogP contribution in [0, 0.1) is 0 Å². The number of pyridine rings is 1. The fourth-order valence-electron chi connectivity index (χ4n) is 3.41. The molecule has 1 N–H and O–H groups in total. The molecule has 0 aromatic carbocycles. The zero-order chi connectivity index (χ0) is 17.3. The van der Waals surface area contributed by atoms with Crippen molar-refractivity contribution in [3.8, 4) is 0 Å². The molecule has 0 radical (unpaired) electrons. The molecule has 0 spiro atoms. The van der Waals surface area contributed by atoms with Crippen LogP contribution in [0.5, 0.6) is 0 Å². The van der Waals surface area contributed by atoms with E-state index in [0.717, 1.165) is 38.9 Å². The third-order valence-electron chi connectivity index (χ3n) is 4.83. The van der Waals surface area contributed by atoms with E-state index in [0.29, 0.717) is 6.54 Å². The Morgan fingerprint density at radius 2 is 2.12 bits per heavy atom. The molecule has 1 saturated carbocycles. The highest BCUT2D eigenvalue weighted by Crippen LogP contribution is 2.28. The van der Waals surface area contributed by atoms with Crippen molar-refractivity contribution in [2.45, 2.75) is 43.6 Å². The maximum absolute atomic E-state index is 12.0. The average molecular weight is 361 g/mol. The summed E-state index contributed by atoms with van der Waals surface area (Å²) in [6.45, 7) is 3.00. The summed E-state index contributed by atoms with van der Waals surface area (Å²) in [7, 11) is -3.12. The molecular weight excluding hydrogens is 338 g/mol. The summed E-state index contributed by atoms with van der Waals surface area (Å²) in [5.74, 6) is 0. The standard InChI is InChI=1S/C17H23N5O2S/c23-25(24,17-3-4-17)20-9-6-16-13-21(11-14-2-1-7-18-10-14)12-15-5-8-19-22(15)16/h1-2,5,7-8,10,16-17,20H,3-4,6,9,11-13H2/t16-/m0/s1. The molecule has 4 rings (SSSR count). The first kappa shape index (κ1) is 16.7. The van der Waals surface area contributed by atoms with E-state index in [1.165, 1.54) is 11.3 Å². The normalized spacial score (nSPS) is 21.2. The van der Waals surface area contributed by atoms with Crippen molar-refractivity contribution in [1.82, 2.24) is 24.4 Å². The predicted octanol–water partition coefficient (Wildman–Crippen LogP) is 1.31. The van der Waals surface area contributed by atoms with Crippen LogP contribution in [-0.2, 0) is 23.1 Å². The molecule has 0 bridgehead atoms. The van der Waals surface area contributed by atoms with Gasteiger partial charge in [0.05, 0.1) is 17.0 Å². The summed E-state index contributed by atoms with van der Waals surface area (Å²) in [6.07, 6.45) is 7.82. The molecule has 7 nitrogen and oxygen atoms in total. The lowest BCUT2D eigenvalue weighted by Gasteiger charge is -2.34. The summed E-state index contributed by atoms with van der Waals surface area (Å²) >= 11 is 0. The van der Waals surface area contributed by atoms with Crippen LogP contribution in [0.3, 0.4) is 0 Å². The van der Waals surface area contributed by atoms with E-state index in [-0.39, 0.29) is 11.3 Å². The molecule has 1 aliphatic carbocycles. The molecule has 25 heavy (non-hydrogen) atoms. The van der Waals surface area contributed by atoms with Gasteiger partial charge in [0.15, 0.2) is 0 Å². The summed E-state index contributed by atoms with van der Waals surface area (Å²) in [4.78, 5) is 6.55. The van der Waals surface area contributed by atoms with Crippen LogP contribution in [0.2, 0.25) is 0 Å². The second-order valence-electron chi connectivity index (χ2n) is 6.88. The van der Waals surface area contributed by atoms with E-state index in [1.54, 1.807) is 6.20 Å². The van der Waals surface area contributed by atoms with Crippen LogP contribution in [0.1, 0.15) is 36.6 Å². The maximum Gasteiger partial charge on any atom is 0.214 e. The van der Waals surface area contributed by atoms with E-state index in [4.69, 9.17) is 0 Å². The van der Waals surface area contributed by atoms with Crippen LogP contribution >= 0.6 is 0 Å². The fraction of sp³-hybridized carbons (Fsp3) is 0.529. The highest BCUT2D eigenvalue weighted by molar-refractivity contribution is 7.90. The van der Waals surface area contributed by atoms with Crippen LogP contribution in [-0.4, -0.2) is 46.4 Å². The monoisotopic (exact) mass is 361 g/mol. The van der Waals surface area contributed by atoms with Gasteiger partial charge in [0.1, 0.15) is 0 Å². The first-order valence-corrected chi connectivity index (χ1v) is 10.3. The Bertz CT molecular complexity index is 817. The number of rotatable bonds is 7. The lowest BCUT2D eigenvalue weighted by atomic mass is 10.1. The third-order valence-corrected chi connectivity index (χ3v) is 6.78. The highest BCUT2D eigenvalue weighted by Gasteiger charge is 2.35. The number of aromatic nitrogens is 3. The van der Waals surface area contributed by atoms with Gasteiger partial charge in [0.2, 0.25) is 10.0 Å². The van der Waals surface area contributed by atoms with Gasteiger partial charge in [0.25, 0.3) is 0 Å². The number of hydrogen-bond donors (Lipinski definition) is 1. The molecule has 2 aliphatic rings. The van der Waals surface area contributed by atoms with E-state index in [2.05, 4.69) is 25.8 Å². The quantitative estimate of drug-likeness (QED) is 0.804. The minimum atomic E-state index is -3.12. The first-order chi connectivity index (χ1) is 12.1. The summed E-state index contributed by atoms with van der Waals surface area (Å²) < 4.78 is 28.8. The minimum absolute atomic E-state index is 0.166. The minimum Gasteiger partial charge on any atom is -0.291 e. The van der Waals surface area contributed by atoms with Gasteiger partial charge in [-0.25, -0.2) is 13.1 Å². The van der Waals surface area contributed by atoms with E-state index in [9.17, 15) is 8.42 Å². The molecule has 0 unspecified atom stereocenters. The lowest BCUT2D eigenvalue weighted by Crippen LogP contribution is -2.39. The number of sulfonamides is 1. The van der Waals surface area contributed by atoms with Gasteiger partial charge in [-0.1, -0.05) is 6.07 Å². The predicted molar refractivity (Wildman–Crippen MR) is 94.2 cm³/mol. The highest BCUT2D eigenvalue weighted by atomic mass is 32.2. The SMILES string of the molecule is O=S(=O)(NCC[C@H]1CN(Cc2cccnc2)Cc2ccnn21)C1CC1. The Kier molecular flexibility index (Phi) is 4.58. The van der Waals surface area contributed by atoms with Crippen LogP contribution in [0.25, 0.3) is 0 Å². The molecule has 1 fully saturated rings. The third kappa shape index (κ3) is 3.91. The van der Waals surface area contributed by atoms with Gasteiger partial charge >= 0.3 is 0 Å². The number of nitrogens with one attached hydrogen (secondary N) is 1. The van der Waals surface area contributed by atoms with Crippen LogP contribution in [0.4, 0.5) is 0 Å². The van der Waals surface area contributed by atoms with Gasteiger partial charge in [-0.2, -0.15) is 5.10 Å². The number of hydrogen-bond acceptors (Lipinski definition) is 5. The van der Waals surface area contributed by atoms with Crippen molar-refractivity contribution in [3.63, 3.8) is 0 Å². The lowest BCUT2D eigenvalue weighted by molar-refractivity contribution is 0.162. The maximum atomic E-state index is 12.0. The fourth-order valence-corrected chi connectivity index (χ4v) is 4.81. The van der Waals surface area contributed by atoms with E-state index in [1.807, 2.05) is 29.2 Å². The molecular formula is C17H23N5O2S. The van der Waals surface area contributed by atoms with Crippen LogP contribution < -0.4 is 4.72 Å². The first-order valence-electron chi connectivity index (χ1n) is 8.74. The van der Waals surface area contributed by atoms with Gasteiger partial charge in [-0.05, 0) is 37.0 Å². The Morgan fingerprint density at radius 3 is 2.88 bits per heavy atom. The Balaban J connectivity index is 1.40. The van der Waals surface area contributed by atoms with Gasteiger partial charge in [0, 0.05) is 44.8 Å². The van der Waals surface area contributed by atoms with Crippen molar-refractivity contribution >= 4 is 10.0 Å². The number of nitrogens with zero attached hydrogens (tertiary/aromatic N) is 4. The zero-order valence-corrected chi connectivity index (χ0v) is 14.9. The Morgan fingerprint density at radius 1 is 1.24 bits per heavy atom. The Hall–Kier alpha value is -1.77. The molecule has 1 atom stereocenters. The van der Waals surface area contributed by atoms with Crippen molar-refractivity contribution < 1.29 is 8.42 Å². The summed E-state index contributed by atoms with van der Waals surface area (Å²) in [5.41, 5.74) is 2.36. The van der Waals surface area contributed by atoms with E-state index < -0.39 is 10.0 Å². The van der Waals surface area contributed by atoms with Gasteiger partial charge in [-0.3, -0.25) is 14.6 Å². The molecule has 2 aromatic heterocycles. The second kappa shape index (κ2) is 6.86. The van der Waals surface area contributed by atoms with Crippen molar-refractivity contribution in [2.75, 3.05) is 13.1 Å². The smallest absolute Gasteiger partial charge is 0.214 e.